The predicted octanol–water partition coefficient (Wildman–Crippen LogP) is 6.46. The Morgan fingerprint density at radius 3 is 2.39 bits per heavy atom. The third kappa shape index (κ3) is 8.62. The first-order valence-electron chi connectivity index (χ1n) is 20.2. The number of anilines is 5. The highest BCUT2D eigenvalue weighted by Crippen LogP contribution is 2.40. The number of carbonyl (C=O) groups is 3. The van der Waals surface area contributed by atoms with Gasteiger partial charge < -0.3 is 34.5 Å². The Bertz CT molecular complexity index is 2320. The number of nitrogens with zero attached hydrogens (tertiary/aromatic N) is 5. The van der Waals surface area contributed by atoms with E-state index in [1.54, 1.807) is 31.4 Å². The molecule has 4 aliphatic heterocycles. The molecule has 59 heavy (non-hydrogen) atoms. The van der Waals surface area contributed by atoms with E-state index in [0.717, 1.165) is 74.4 Å². The van der Waals surface area contributed by atoms with Crippen LogP contribution in [-0.2, 0) is 20.7 Å². The number of ether oxygens (including phenoxy) is 2. The number of amides is 3. The molecule has 5 heterocycles. The van der Waals surface area contributed by atoms with Crippen molar-refractivity contribution in [3.05, 3.63) is 82.5 Å². The Balaban J connectivity index is 0.857. The highest BCUT2D eigenvalue weighted by atomic mass is 35.5. The number of piperidine rings is 3. The summed E-state index contributed by atoms with van der Waals surface area (Å²) in [5, 5.41) is 9.99. The van der Waals surface area contributed by atoms with Crippen molar-refractivity contribution < 1.29 is 28.4 Å². The molecule has 3 saturated heterocycles. The van der Waals surface area contributed by atoms with Crippen molar-refractivity contribution in [1.29, 1.82) is 0 Å². The second-order valence-electron chi connectivity index (χ2n) is 16.1. The van der Waals surface area contributed by atoms with Gasteiger partial charge in [-0.3, -0.25) is 24.6 Å². The Hall–Kier alpha value is -5.17. The molecule has 0 saturated carbocycles. The van der Waals surface area contributed by atoms with Crippen molar-refractivity contribution in [1.82, 2.24) is 25.1 Å². The maximum Gasteiger partial charge on any atom is 0.255 e. The number of aryl methyl sites for hydroxylation is 1. The first-order chi connectivity index (χ1) is 28.4. The van der Waals surface area contributed by atoms with Gasteiger partial charge >= 0.3 is 0 Å². The summed E-state index contributed by atoms with van der Waals surface area (Å²) in [7, 11) is -0.905. The topological polar surface area (TPSA) is 158 Å². The Morgan fingerprint density at radius 1 is 0.898 bits per heavy atom. The number of imide groups is 1. The second-order valence-corrected chi connectivity index (χ2v) is 19.7. The molecule has 0 radical (unpaired) electrons. The van der Waals surface area contributed by atoms with Gasteiger partial charge in [0.05, 0.1) is 31.2 Å². The number of hydrogen-bond donors (Lipinski definition) is 3. The van der Waals surface area contributed by atoms with E-state index >= 15 is 0 Å². The number of hydrogen-bond acceptors (Lipinski definition) is 12. The summed E-state index contributed by atoms with van der Waals surface area (Å²) in [5.41, 5.74) is 5.02. The number of para-hydroxylation sites is 1. The van der Waals surface area contributed by atoms with Crippen molar-refractivity contribution in [2.75, 3.05) is 62.2 Å². The Labute approximate surface area is 349 Å². The van der Waals surface area contributed by atoms with Gasteiger partial charge in [-0.05, 0) is 88.3 Å². The normalized spacial score (nSPS) is 19.4. The van der Waals surface area contributed by atoms with Crippen molar-refractivity contribution in [3.63, 3.8) is 0 Å². The molecule has 8 rings (SSSR count). The summed E-state index contributed by atoms with van der Waals surface area (Å²) in [6.07, 6.45) is 5.99. The lowest BCUT2D eigenvalue weighted by Gasteiger charge is -2.42. The van der Waals surface area contributed by atoms with E-state index in [2.05, 4.69) is 54.8 Å². The van der Waals surface area contributed by atoms with Gasteiger partial charge in [-0.25, -0.2) is 4.98 Å². The van der Waals surface area contributed by atoms with E-state index in [1.165, 1.54) is 6.20 Å². The maximum atomic E-state index is 13.3. The third-order valence-corrected chi connectivity index (χ3v) is 13.7. The van der Waals surface area contributed by atoms with Gasteiger partial charge in [-0.1, -0.05) is 29.8 Å². The number of carbonyl (C=O) groups excluding carboxylic acids is 3. The number of aromatic nitrogens is 2. The molecule has 0 aliphatic carbocycles. The summed E-state index contributed by atoms with van der Waals surface area (Å²) >= 11 is 6.50. The molecule has 1 aromatic heterocycles. The van der Waals surface area contributed by atoms with Crippen molar-refractivity contribution >= 4 is 70.6 Å². The fourth-order valence-corrected chi connectivity index (χ4v) is 10.1. The van der Waals surface area contributed by atoms with Gasteiger partial charge in [0, 0.05) is 66.8 Å². The van der Waals surface area contributed by atoms with E-state index in [4.69, 9.17) is 21.1 Å². The van der Waals surface area contributed by atoms with Crippen LogP contribution in [0.1, 0.15) is 60.0 Å². The summed E-state index contributed by atoms with van der Waals surface area (Å²) in [4.78, 5) is 53.2. The quantitative estimate of drug-likeness (QED) is 0.112. The molecule has 16 heteroatoms. The highest BCUT2D eigenvalue weighted by Gasteiger charge is 2.40. The van der Waals surface area contributed by atoms with Crippen molar-refractivity contribution in [3.8, 4) is 11.5 Å². The number of halogens is 1. The van der Waals surface area contributed by atoms with E-state index in [9.17, 15) is 18.9 Å². The van der Waals surface area contributed by atoms with E-state index in [1.807, 2.05) is 36.4 Å². The van der Waals surface area contributed by atoms with Crippen LogP contribution < -0.4 is 35.6 Å². The molecule has 0 bridgehead atoms. The van der Waals surface area contributed by atoms with Gasteiger partial charge in [0.1, 0.15) is 35.8 Å². The SMILES string of the molecule is COc1cc(N2CCC(N3CCC(Oc4cccc5c4CN(C4CCC(=O)NC4=O)C5=O)CC3)CC2)c(C)cc1Nc1ncc(Cl)c(Nc2ccccc2P(C)(C)=O)n1. The fourth-order valence-electron chi connectivity index (χ4n) is 8.77. The van der Waals surface area contributed by atoms with Crippen molar-refractivity contribution in [2.24, 2.45) is 0 Å². The molecule has 1 unspecified atom stereocenters. The molecule has 4 aliphatic rings. The monoisotopic (exact) mass is 840 g/mol. The number of nitrogens with one attached hydrogen (secondary N) is 3. The van der Waals surface area contributed by atoms with Crippen LogP contribution in [0.15, 0.2) is 60.8 Å². The maximum absolute atomic E-state index is 13.3. The van der Waals surface area contributed by atoms with Crippen LogP contribution in [0, 0.1) is 6.92 Å². The van der Waals surface area contributed by atoms with E-state index in [0.29, 0.717) is 63.9 Å². The first kappa shape index (κ1) is 40.6. The van der Waals surface area contributed by atoms with Gasteiger partial charge in [0.25, 0.3) is 5.91 Å². The molecular formula is C43H50ClN8O6P. The minimum Gasteiger partial charge on any atom is -0.494 e. The molecule has 3 aromatic carbocycles. The largest absolute Gasteiger partial charge is 0.494 e. The number of methoxy groups -OCH3 is 1. The molecule has 4 aromatic rings. The van der Waals surface area contributed by atoms with Crippen LogP contribution in [0.4, 0.5) is 28.8 Å². The molecule has 1 atom stereocenters. The first-order valence-corrected chi connectivity index (χ1v) is 23.2. The van der Waals surface area contributed by atoms with Crippen LogP contribution in [0.3, 0.4) is 0 Å². The standard InChI is InChI=1S/C43H50ClN8O6P/c1-26-22-33(47-43-45-24-31(44)40(49-43)46-32-9-5-6-11-38(32)59(3,4)56)37(57-2)23-35(26)51-18-14-27(15-19-51)50-20-16-28(17-21-50)58-36-10-7-8-29-30(36)25-52(42(29)55)34-12-13-39(53)48-41(34)54/h5-11,22-24,27-28,34H,12-21,25H2,1-4H3,(H,48,53,54)(H2,45,46,47,49). The summed E-state index contributed by atoms with van der Waals surface area (Å²) in [5.74, 6) is 1.21. The lowest BCUT2D eigenvalue weighted by atomic mass is 9.97. The average Bonchev–Trinajstić information content (AvgIpc) is 3.56. The molecule has 0 spiro atoms. The Morgan fingerprint density at radius 2 is 1.66 bits per heavy atom. The zero-order valence-electron chi connectivity index (χ0n) is 33.8. The molecule has 310 valence electrons. The molecule has 3 fully saturated rings. The third-order valence-electron chi connectivity index (χ3n) is 11.9. The zero-order valence-corrected chi connectivity index (χ0v) is 35.4. The molecular weight excluding hydrogens is 791 g/mol. The zero-order chi connectivity index (χ0) is 41.4. The number of rotatable bonds is 11. The fraction of sp³-hybridized carbons (Fsp3) is 0.419. The number of benzene rings is 3. The van der Waals surface area contributed by atoms with Gasteiger partial charge in [-0.15, -0.1) is 0 Å². The van der Waals surface area contributed by atoms with Crippen molar-refractivity contribution in [2.45, 2.75) is 70.2 Å². The van der Waals surface area contributed by atoms with Crippen LogP contribution >= 0.6 is 18.7 Å². The molecule has 3 N–H and O–H groups in total. The van der Waals surface area contributed by atoms with Crippen LogP contribution in [0.2, 0.25) is 5.02 Å². The van der Waals surface area contributed by atoms with Gasteiger partial charge in [0.2, 0.25) is 17.8 Å². The summed E-state index contributed by atoms with van der Waals surface area (Å²) in [6.45, 7) is 9.58. The van der Waals surface area contributed by atoms with Gasteiger partial charge in [0.15, 0.2) is 5.82 Å². The smallest absolute Gasteiger partial charge is 0.255 e. The predicted molar refractivity (Wildman–Crippen MR) is 230 cm³/mol. The van der Waals surface area contributed by atoms with Gasteiger partial charge in [-0.2, -0.15) is 4.98 Å². The van der Waals surface area contributed by atoms with Crippen LogP contribution in [-0.4, -0.2) is 102 Å². The lowest BCUT2D eigenvalue weighted by molar-refractivity contribution is -0.136. The lowest BCUT2D eigenvalue weighted by Crippen LogP contribution is -2.52. The number of fused-ring (bicyclic) bond motifs is 1. The Kier molecular flexibility index (Phi) is 11.6. The number of likely N-dealkylation sites (tertiary alicyclic amines) is 1. The second kappa shape index (κ2) is 16.8. The van der Waals surface area contributed by atoms with Crippen LogP contribution in [0.25, 0.3) is 0 Å². The summed E-state index contributed by atoms with van der Waals surface area (Å²) < 4.78 is 25.4. The van der Waals surface area contributed by atoms with E-state index < -0.39 is 19.1 Å². The minimum absolute atomic E-state index is 0.0371. The van der Waals surface area contributed by atoms with Crippen LogP contribution in [0.5, 0.6) is 11.5 Å². The summed E-state index contributed by atoms with van der Waals surface area (Å²) in [6, 6.07) is 17.0. The average molecular weight is 841 g/mol. The molecule has 3 amide bonds. The van der Waals surface area contributed by atoms with E-state index in [-0.39, 0.29) is 24.3 Å². The minimum atomic E-state index is -2.56. The highest BCUT2D eigenvalue weighted by molar-refractivity contribution is 7.70. The molecule has 14 nitrogen and oxygen atoms in total.